The normalized spacial score (nSPS) is 11.0. The summed E-state index contributed by atoms with van der Waals surface area (Å²) in [6, 6.07) is 23.0. The van der Waals surface area contributed by atoms with Gasteiger partial charge in [0.2, 0.25) is 0 Å². The molecule has 0 atom stereocenters. The molecule has 2 aromatic carbocycles. The van der Waals surface area contributed by atoms with Crippen LogP contribution >= 0.6 is 11.8 Å². The van der Waals surface area contributed by atoms with Crippen molar-refractivity contribution in [3.63, 3.8) is 0 Å². The summed E-state index contributed by atoms with van der Waals surface area (Å²) in [4.78, 5) is 4.76. The summed E-state index contributed by atoms with van der Waals surface area (Å²) in [5.74, 6) is 0. The van der Waals surface area contributed by atoms with Gasteiger partial charge in [0.25, 0.3) is 0 Å². The molecule has 3 nitrogen and oxygen atoms in total. The van der Waals surface area contributed by atoms with E-state index in [0.29, 0.717) is 0 Å². The van der Waals surface area contributed by atoms with E-state index in [1.54, 1.807) is 18.0 Å². The van der Waals surface area contributed by atoms with Crippen molar-refractivity contribution in [2.24, 2.45) is 0 Å². The highest BCUT2D eigenvalue weighted by Gasteiger charge is 2.08. The van der Waals surface area contributed by atoms with Gasteiger partial charge >= 0.3 is 0 Å². The number of fused-ring (bicyclic) bond motifs is 1. The fraction of sp³-hybridized carbons (Fsp3) is 0.0526. The Morgan fingerprint density at radius 3 is 2.43 bits per heavy atom. The zero-order chi connectivity index (χ0) is 15.6. The third kappa shape index (κ3) is 2.62. The zero-order valence-corrected chi connectivity index (χ0v) is 13.5. The summed E-state index contributed by atoms with van der Waals surface area (Å²) in [6.07, 6.45) is 3.83. The summed E-state index contributed by atoms with van der Waals surface area (Å²) in [7, 11) is 0. The van der Waals surface area contributed by atoms with Crippen molar-refractivity contribution < 1.29 is 0 Å². The fourth-order valence-electron chi connectivity index (χ4n) is 2.67. The number of benzene rings is 2. The SMILES string of the molecule is CSc1nc(-c2cccc(-c3ccccc3)c2)cc2ccnn12. The molecule has 0 N–H and O–H groups in total. The van der Waals surface area contributed by atoms with Gasteiger partial charge < -0.3 is 0 Å². The molecular weight excluding hydrogens is 302 g/mol. The van der Waals surface area contributed by atoms with Crippen LogP contribution in [0.15, 0.2) is 78.1 Å². The molecule has 0 amide bonds. The van der Waals surface area contributed by atoms with Crippen LogP contribution in [0.25, 0.3) is 27.9 Å². The molecule has 0 saturated heterocycles. The first-order chi connectivity index (χ1) is 11.3. The predicted octanol–water partition coefficient (Wildman–Crippen LogP) is 4.79. The molecule has 2 heterocycles. The molecule has 0 radical (unpaired) electrons. The molecule has 112 valence electrons. The molecule has 0 aliphatic rings. The number of thioether (sulfide) groups is 1. The van der Waals surface area contributed by atoms with E-state index in [1.165, 1.54) is 11.1 Å². The lowest BCUT2D eigenvalue weighted by Crippen LogP contribution is -1.97. The number of hydrogen-bond acceptors (Lipinski definition) is 3. The largest absolute Gasteiger partial charge is 0.222 e. The van der Waals surface area contributed by atoms with E-state index >= 15 is 0 Å². The van der Waals surface area contributed by atoms with Crippen LogP contribution in [-0.2, 0) is 0 Å². The van der Waals surface area contributed by atoms with Gasteiger partial charge in [0.15, 0.2) is 5.16 Å². The van der Waals surface area contributed by atoms with E-state index in [0.717, 1.165) is 21.9 Å². The first-order valence-electron chi connectivity index (χ1n) is 7.40. The molecule has 0 bridgehead atoms. The van der Waals surface area contributed by atoms with Crippen LogP contribution < -0.4 is 0 Å². The second-order valence-corrected chi connectivity index (χ2v) is 6.02. The highest BCUT2D eigenvalue weighted by Crippen LogP contribution is 2.27. The van der Waals surface area contributed by atoms with Crippen molar-refractivity contribution in [2.45, 2.75) is 5.16 Å². The number of rotatable bonds is 3. The molecule has 0 fully saturated rings. The Balaban J connectivity index is 1.85. The highest BCUT2D eigenvalue weighted by molar-refractivity contribution is 7.98. The van der Waals surface area contributed by atoms with Gasteiger partial charge in [-0.1, -0.05) is 60.3 Å². The average Bonchev–Trinajstić information content (AvgIpc) is 3.10. The summed E-state index contributed by atoms with van der Waals surface area (Å²) < 4.78 is 1.87. The van der Waals surface area contributed by atoms with Gasteiger partial charge in [-0.2, -0.15) is 5.10 Å². The zero-order valence-electron chi connectivity index (χ0n) is 12.7. The second kappa shape index (κ2) is 5.89. The third-order valence-corrected chi connectivity index (χ3v) is 4.43. The average molecular weight is 317 g/mol. The van der Waals surface area contributed by atoms with Crippen molar-refractivity contribution in [3.05, 3.63) is 72.9 Å². The minimum atomic E-state index is 0.896. The predicted molar refractivity (Wildman–Crippen MR) is 95.6 cm³/mol. The van der Waals surface area contributed by atoms with Crippen LogP contribution in [0, 0.1) is 0 Å². The Bertz CT molecular complexity index is 961. The Morgan fingerprint density at radius 2 is 1.61 bits per heavy atom. The molecule has 0 aliphatic heterocycles. The van der Waals surface area contributed by atoms with Gasteiger partial charge in [0, 0.05) is 5.56 Å². The Kier molecular flexibility index (Phi) is 3.60. The summed E-state index contributed by atoms with van der Waals surface area (Å²) in [5.41, 5.74) is 5.56. The minimum Gasteiger partial charge on any atom is -0.222 e. The van der Waals surface area contributed by atoms with Gasteiger partial charge in [-0.05, 0) is 35.6 Å². The van der Waals surface area contributed by atoms with E-state index in [9.17, 15) is 0 Å². The smallest absolute Gasteiger partial charge is 0.189 e. The lowest BCUT2D eigenvalue weighted by molar-refractivity contribution is 0.799. The van der Waals surface area contributed by atoms with Gasteiger partial charge in [0.05, 0.1) is 17.4 Å². The van der Waals surface area contributed by atoms with Crippen LogP contribution in [0.2, 0.25) is 0 Å². The van der Waals surface area contributed by atoms with Crippen molar-refractivity contribution in [1.29, 1.82) is 0 Å². The molecule has 0 saturated carbocycles. The first-order valence-corrected chi connectivity index (χ1v) is 8.62. The topological polar surface area (TPSA) is 30.2 Å². The Labute approximate surface area is 139 Å². The monoisotopic (exact) mass is 317 g/mol. The van der Waals surface area contributed by atoms with E-state index in [-0.39, 0.29) is 0 Å². The molecular formula is C19H15N3S. The molecule has 4 aromatic rings. The quantitative estimate of drug-likeness (QED) is 0.402. The summed E-state index contributed by atoms with van der Waals surface area (Å²) in [5, 5.41) is 5.22. The van der Waals surface area contributed by atoms with E-state index in [2.05, 4.69) is 59.7 Å². The van der Waals surface area contributed by atoms with Gasteiger partial charge in [-0.15, -0.1) is 0 Å². The van der Waals surface area contributed by atoms with Crippen LogP contribution in [0.5, 0.6) is 0 Å². The number of nitrogens with zero attached hydrogens (tertiary/aromatic N) is 3. The lowest BCUT2D eigenvalue weighted by atomic mass is 10.0. The summed E-state index contributed by atoms with van der Waals surface area (Å²) >= 11 is 1.60. The Morgan fingerprint density at radius 1 is 0.826 bits per heavy atom. The van der Waals surface area contributed by atoms with Crippen LogP contribution in [0.1, 0.15) is 0 Å². The van der Waals surface area contributed by atoms with Crippen molar-refractivity contribution in [1.82, 2.24) is 14.6 Å². The first kappa shape index (κ1) is 14.0. The Hall–Kier alpha value is -2.59. The van der Waals surface area contributed by atoms with E-state index in [4.69, 9.17) is 4.98 Å². The molecule has 23 heavy (non-hydrogen) atoms. The van der Waals surface area contributed by atoms with Crippen LogP contribution in [-0.4, -0.2) is 20.9 Å². The van der Waals surface area contributed by atoms with Gasteiger partial charge in [0.1, 0.15) is 0 Å². The molecule has 0 unspecified atom stereocenters. The van der Waals surface area contributed by atoms with Crippen LogP contribution in [0.4, 0.5) is 0 Å². The molecule has 0 aliphatic carbocycles. The van der Waals surface area contributed by atoms with E-state index < -0.39 is 0 Å². The molecule has 4 rings (SSSR count). The molecule has 4 heteroatoms. The second-order valence-electron chi connectivity index (χ2n) is 5.24. The highest BCUT2D eigenvalue weighted by atomic mass is 32.2. The molecule has 0 spiro atoms. The van der Waals surface area contributed by atoms with Crippen molar-refractivity contribution >= 4 is 17.3 Å². The van der Waals surface area contributed by atoms with Gasteiger partial charge in [-0.3, -0.25) is 0 Å². The number of aromatic nitrogens is 3. The third-order valence-electron chi connectivity index (χ3n) is 3.80. The number of hydrogen-bond donors (Lipinski definition) is 0. The summed E-state index contributed by atoms with van der Waals surface area (Å²) in [6.45, 7) is 0. The van der Waals surface area contributed by atoms with Crippen LogP contribution in [0.3, 0.4) is 0 Å². The van der Waals surface area contributed by atoms with Crippen molar-refractivity contribution in [2.75, 3.05) is 6.26 Å². The maximum Gasteiger partial charge on any atom is 0.189 e. The van der Waals surface area contributed by atoms with Crippen molar-refractivity contribution in [3.8, 4) is 22.4 Å². The van der Waals surface area contributed by atoms with Gasteiger partial charge in [-0.25, -0.2) is 9.50 Å². The van der Waals surface area contributed by atoms with E-state index in [1.807, 2.05) is 22.9 Å². The fourth-order valence-corrected chi connectivity index (χ4v) is 3.19. The minimum absolute atomic E-state index is 0.896. The standard InChI is InChI=1S/C19H15N3S/c1-23-19-21-18(13-17-10-11-20-22(17)19)16-9-5-8-15(12-16)14-6-3-2-4-7-14/h2-13H,1H3. The maximum atomic E-state index is 4.76. The lowest BCUT2D eigenvalue weighted by Gasteiger charge is -2.08. The maximum absolute atomic E-state index is 4.76. The molecule has 2 aromatic heterocycles.